The number of guanidine groups is 1. The second kappa shape index (κ2) is 13.3. The van der Waals surface area contributed by atoms with Crippen LogP contribution in [0.2, 0.25) is 0 Å². The number of halogens is 1. The van der Waals surface area contributed by atoms with E-state index in [1.54, 1.807) is 11.3 Å². The van der Waals surface area contributed by atoms with Crippen molar-refractivity contribution in [3.8, 4) is 0 Å². The maximum Gasteiger partial charge on any atom is 0.191 e. The molecule has 0 aliphatic carbocycles. The number of thiazole rings is 1. The highest BCUT2D eigenvalue weighted by atomic mass is 127. The zero-order valence-corrected chi connectivity index (χ0v) is 16.6. The summed E-state index contributed by atoms with van der Waals surface area (Å²) in [7, 11) is 0. The van der Waals surface area contributed by atoms with Gasteiger partial charge in [0.1, 0.15) is 0 Å². The fourth-order valence-electron chi connectivity index (χ4n) is 1.90. The van der Waals surface area contributed by atoms with Crippen LogP contribution < -0.4 is 10.6 Å². The Kier molecular flexibility index (Phi) is 13.1. The van der Waals surface area contributed by atoms with E-state index in [4.69, 9.17) is 0 Å². The zero-order chi connectivity index (χ0) is 14.6. The number of aromatic nitrogens is 1. The molecule has 2 N–H and O–H groups in total. The molecule has 0 unspecified atom stereocenters. The first-order chi connectivity index (χ1) is 9.76. The molecule has 0 aromatic carbocycles. The van der Waals surface area contributed by atoms with Crippen molar-refractivity contribution in [2.75, 3.05) is 19.6 Å². The van der Waals surface area contributed by atoms with Crippen molar-refractivity contribution >= 4 is 41.3 Å². The predicted molar refractivity (Wildman–Crippen MR) is 104 cm³/mol. The number of nitrogens with zero attached hydrogens (tertiary/aromatic N) is 2. The number of aryl methyl sites for hydroxylation is 1. The Morgan fingerprint density at radius 1 is 1.24 bits per heavy atom. The summed E-state index contributed by atoms with van der Waals surface area (Å²) in [4.78, 5) is 9.07. The lowest BCUT2D eigenvalue weighted by atomic mass is 10.2. The quantitative estimate of drug-likeness (QED) is 0.275. The first kappa shape index (κ1) is 20.6. The third-order valence-corrected chi connectivity index (χ3v) is 3.79. The van der Waals surface area contributed by atoms with Crippen LogP contribution >= 0.6 is 35.3 Å². The lowest BCUT2D eigenvalue weighted by molar-refractivity contribution is 0.670. The van der Waals surface area contributed by atoms with Crippen molar-refractivity contribution in [1.82, 2.24) is 15.6 Å². The number of aliphatic imine (C=N–C) groups is 1. The monoisotopic (exact) mass is 424 g/mol. The number of hydrogen-bond donors (Lipinski definition) is 2. The number of rotatable bonds is 9. The molecule has 1 rings (SSSR count). The molecule has 0 saturated carbocycles. The van der Waals surface area contributed by atoms with E-state index in [1.165, 1.54) is 31.4 Å². The standard InChI is InChI=1S/C15H28N4S.HI/c1-4-6-7-8-10-17-15(16-5-2)18-11-9-14-12-20-13(3)19-14;/h12H,4-11H2,1-3H3,(H2,16,17,18);1H. The van der Waals surface area contributed by atoms with Gasteiger partial charge in [0.25, 0.3) is 0 Å². The van der Waals surface area contributed by atoms with Crippen LogP contribution in [0.4, 0.5) is 0 Å². The van der Waals surface area contributed by atoms with Crippen molar-refractivity contribution in [3.63, 3.8) is 0 Å². The molecule has 0 amide bonds. The van der Waals surface area contributed by atoms with E-state index in [1.807, 2.05) is 6.92 Å². The van der Waals surface area contributed by atoms with Crippen molar-refractivity contribution in [3.05, 3.63) is 16.1 Å². The van der Waals surface area contributed by atoms with Crippen LogP contribution in [-0.2, 0) is 6.42 Å². The highest BCUT2D eigenvalue weighted by Gasteiger charge is 2.00. The molecule has 21 heavy (non-hydrogen) atoms. The smallest absolute Gasteiger partial charge is 0.191 e. The summed E-state index contributed by atoms with van der Waals surface area (Å²) in [5, 5.41) is 9.93. The van der Waals surface area contributed by atoms with Gasteiger partial charge in [-0.1, -0.05) is 26.2 Å². The second-order valence-electron chi connectivity index (χ2n) is 4.86. The lowest BCUT2D eigenvalue weighted by Crippen LogP contribution is -2.38. The van der Waals surface area contributed by atoms with E-state index in [0.29, 0.717) is 0 Å². The highest BCUT2D eigenvalue weighted by Crippen LogP contribution is 2.07. The van der Waals surface area contributed by atoms with Crippen LogP contribution in [0.3, 0.4) is 0 Å². The van der Waals surface area contributed by atoms with E-state index in [0.717, 1.165) is 37.0 Å². The highest BCUT2D eigenvalue weighted by molar-refractivity contribution is 14.0. The molecule has 1 aromatic rings. The van der Waals surface area contributed by atoms with Crippen molar-refractivity contribution in [2.24, 2.45) is 4.99 Å². The molecule has 0 spiro atoms. The van der Waals surface area contributed by atoms with Gasteiger partial charge in [-0.2, -0.15) is 0 Å². The second-order valence-corrected chi connectivity index (χ2v) is 5.92. The fourth-order valence-corrected chi connectivity index (χ4v) is 2.55. The largest absolute Gasteiger partial charge is 0.357 e. The topological polar surface area (TPSA) is 49.3 Å². The Bertz CT molecular complexity index is 393. The maximum absolute atomic E-state index is 4.60. The van der Waals surface area contributed by atoms with Gasteiger partial charge in [-0.3, -0.25) is 4.99 Å². The summed E-state index contributed by atoms with van der Waals surface area (Å²) < 4.78 is 0. The minimum atomic E-state index is 0. The van der Waals surface area contributed by atoms with Crippen molar-refractivity contribution < 1.29 is 0 Å². The molecule has 4 nitrogen and oxygen atoms in total. The van der Waals surface area contributed by atoms with Crippen molar-refractivity contribution in [2.45, 2.75) is 52.9 Å². The van der Waals surface area contributed by atoms with Gasteiger partial charge in [0.05, 0.1) is 10.7 Å². The molecule has 0 bridgehead atoms. The van der Waals surface area contributed by atoms with Gasteiger partial charge in [-0.25, -0.2) is 4.98 Å². The Morgan fingerprint density at radius 3 is 2.67 bits per heavy atom. The summed E-state index contributed by atoms with van der Waals surface area (Å²) in [6, 6.07) is 0. The van der Waals surface area contributed by atoms with Gasteiger partial charge in [0.2, 0.25) is 0 Å². The van der Waals surface area contributed by atoms with E-state index in [-0.39, 0.29) is 24.0 Å². The Hall–Kier alpha value is -0.370. The van der Waals surface area contributed by atoms with Crippen LogP contribution in [0.1, 0.15) is 50.2 Å². The molecule has 0 saturated heterocycles. The average molecular weight is 424 g/mol. The van der Waals surface area contributed by atoms with Crippen LogP contribution in [0.15, 0.2) is 10.4 Å². The first-order valence-corrected chi connectivity index (χ1v) is 8.57. The molecule has 122 valence electrons. The van der Waals surface area contributed by atoms with Gasteiger partial charge in [-0.15, -0.1) is 35.3 Å². The van der Waals surface area contributed by atoms with Crippen LogP contribution in [0, 0.1) is 6.92 Å². The average Bonchev–Trinajstić information content (AvgIpc) is 2.84. The molecule has 0 fully saturated rings. The molecule has 0 atom stereocenters. The Balaban J connectivity index is 0.00000400. The zero-order valence-electron chi connectivity index (χ0n) is 13.4. The van der Waals surface area contributed by atoms with E-state index in [2.05, 4.69) is 39.8 Å². The minimum absolute atomic E-state index is 0. The molecule has 0 aliphatic rings. The van der Waals surface area contributed by atoms with Crippen molar-refractivity contribution in [1.29, 1.82) is 0 Å². The fraction of sp³-hybridized carbons (Fsp3) is 0.733. The lowest BCUT2D eigenvalue weighted by Gasteiger charge is -2.10. The predicted octanol–water partition coefficient (Wildman–Crippen LogP) is 3.75. The SMILES string of the molecule is CCCCCCN=C(NCC)NCCc1csc(C)n1.I. The Labute approximate surface area is 150 Å². The Morgan fingerprint density at radius 2 is 2.05 bits per heavy atom. The normalized spacial score (nSPS) is 11.1. The molecule has 0 radical (unpaired) electrons. The molecular weight excluding hydrogens is 395 g/mol. The van der Waals surface area contributed by atoms with Gasteiger partial charge in [-0.05, 0) is 20.3 Å². The third-order valence-electron chi connectivity index (χ3n) is 2.97. The molecule has 1 aromatic heterocycles. The molecule has 1 heterocycles. The number of nitrogens with one attached hydrogen (secondary N) is 2. The molecular formula is C15H29IN4S. The summed E-state index contributed by atoms with van der Waals surface area (Å²) in [5.74, 6) is 0.927. The maximum atomic E-state index is 4.60. The summed E-state index contributed by atoms with van der Waals surface area (Å²) in [5.41, 5.74) is 1.17. The van der Waals surface area contributed by atoms with Crippen LogP contribution in [-0.4, -0.2) is 30.6 Å². The molecule has 6 heteroatoms. The van der Waals surface area contributed by atoms with Gasteiger partial charge in [0, 0.05) is 31.4 Å². The van der Waals surface area contributed by atoms with Crippen LogP contribution in [0.5, 0.6) is 0 Å². The first-order valence-electron chi connectivity index (χ1n) is 7.69. The van der Waals surface area contributed by atoms with Gasteiger partial charge in [0.15, 0.2) is 5.96 Å². The summed E-state index contributed by atoms with van der Waals surface area (Å²) in [6.07, 6.45) is 5.98. The van der Waals surface area contributed by atoms with Gasteiger partial charge < -0.3 is 10.6 Å². The summed E-state index contributed by atoms with van der Waals surface area (Å²) in [6.45, 7) is 9.06. The minimum Gasteiger partial charge on any atom is -0.357 e. The van der Waals surface area contributed by atoms with Crippen LogP contribution in [0.25, 0.3) is 0 Å². The number of hydrogen-bond acceptors (Lipinski definition) is 3. The summed E-state index contributed by atoms with van der Waals surface area (Å²) >= 11 is 1.71. The van der Waals surface area contributed by atoms with E-state index in [9.17, 15) is 0 Å². The van der Waals surface area contributed by atoms with E-state index >= 15 is 0 Å². The van der Waals surface area contributed by atoms with Gasteiger partial charge >= 0.3 is 0 Å². The number of unbranched alkanes of at least 4 members (excludes halogenated alkanes) is 3. The molecule has 0 aliphatic heterocycles. The van der Waals surface area contributed by atoms with E-state index < -0.39 is 0 Å². The third kappa shape index (κ3) is 10.1.